The van der Waals surface area contributed by atoms with E-state index in [-0.39, 0.29) is 17.8 Å². The predicted octanol–water partition coefficient (Wildman–Crippen LogP) is 8.29. The number of benzene rings is 3. The average molecular weight is 651 g/mol. The van der Waals surface area contributed by atoms with Gasteiger partial charge in [-0.15, -0.1) is 18.3 Å². The summed E-state index contributed by atoms with van der Waals surface area (Å²) in [4.78, 5) is 24.0. The number of aryl methyl sites for hydroxylation is 2. The largest absolute Gasteiger partial charge is 0.573 e. The SMILES string of the molecule is Cc1cccc(N2CCCSC2=NC(=O)NC(C)CCc2ccc(-c3ncn(-c4ccc(OC(F)(F)F)cc4)n3)cc2)c1C(C)C. The van der Waals surface area contributed by atoms with Gasteiger partial charge in [0.05, 0.1) is 5.69 Å². The number of amidine groups is 1. The summed E-state index contributed by atoms with van der Waals surface area (Å²) in [6.45, 7) is 9.33. The minimum absolute atomic E-state index is 0.0750. The lowest BCUT2D eigenvalue weighted by molar-refractivity contribution is -0.274. The normalized spacial score (nSPS) is 15.3. The monoisotopic (exact) mass is 650 g/mol. The summed E-state index contributed by atoms with van der Waals surface area (Å²) in [5, 5.41) is 8.23. The van der Waals surface area contributed by atoms with E-state index >= 15 is 0 Å². The molecule has 0 saturated carbocycles. The van der Waals surface area contributed by atoms with Crippen molar-refractivity contribution in [3.8, 4) is 22.8 Å². The first-order valence-electron chi connectivity index (χ1n) is 15.2. The number of nitrogens with one attached hydrogen (secondary N) is 1. The average Bonchev–Trinajstić information content (AvgIpc) is 3.50. The highest BCUT2D eigenvalue weighted by Gasteiger charge is 2.31. The summed E-state index contributed by atoms with van der Waals surface area (Å²) in [5.74, 6) is 1.48. The number of rotatable bonds is 9. The van der Waals surface area contributed by atoms with Crippen molar-refractivity contribution in [3.05, 3.63) is 89.7 Å². The van der Waals surface area contributed by atoms with Crippen molar-refractivity contribution in [3.63, 3.8) is 0 Å². The molecule has 0 radical (unpaired) electrons. The summed E-state index contributed by atoms with van der Waals surface area (Å²) >= 11 is 1.62. The Morgan fingerprint density at radius 1 is 1.07 bits per heavy atom. The fraction of sp³-hybridized carbons (Fsp3) is 0.353. The number of carbonyl (C=O) groups excluding carboxylic acids is 1. The Morgan fingerprint density at radius 3 is 2.50 bits per heavy atom. The van der Waals surface area contributed by atoms with Crippen molar-refractivity contribution in [1.82, 2.24) is 20.1 Å². The lowest BCUT2D eigenvalue weighted by atomic mass is 9.95. The second kappa shape index (κ2) is 14.4. The number of hydrogen-bond donors (Lipinski definition) is 1. The fourth-order valence-corrected chi connectivity index (χ4v) is 6.40. The molecule has 1 fully saturated rings. The van der Waals surface area contributed by atoms with E-state index in [0.717, 1.165) is 53.5 Å². The summed E-state index contributed by atoms with van der Waals surface area (Å²) in [7, 11) is 0. The van der Waals surface area contributed by atoms with Crippen molar-refractivity contribution in [1.29, 1.82) is 0 Å². The third-order valence-corrected chi connectivity index (χ3v) is 8.69. The molecule has 1 aromatic heterocycles. The van der Waals surface area contributed by atoms with Gasteiger partial charge in [-0.05, 0) is 86.1 Å². The van der Waals surface area contributed by atoms with Crippen LogP contribution in [0.4, 0.5) is 23.7 Å². The summed E-state index contributed by atoms with van der Waals surface area (Å²) in [6.07, 6.45) is -0.712. The molecule has 1 unspecified atom stereocenters. The first kappa shape index (κ1) is 33.1. The number of urea groups is 1. The zero-order valence-corrected chi connectivity index (χ0v) is 27.0. The first-order valence-corrected chi connectivity index (χ1v) is 16.2. The second-order valence-corrected chi connectivity index (χ2v) is 12.6. The van der Waals surface area contributed by atoms with Gasteiger partial charge in [0.2, 0.25) is 0 Å². The zero-order chi connectivity index (χ0) is 32.8. The number of amides is 2. The van der Waals surface area contributed by atoms with E-state index < -0.39 is 6.36 Å². The maximum absolute atomic E-state index is 13.0. The highest BCUT2D eigenvalue weighted by molar-refractivity contribution is 8.14. The Labute approximate surface area is 271 Å². The molecule has 5 rings (SSSR count). The maximum atomic E-state index is 13.0. The number of halogens is 3. The number of aromatic nitrogens is 3. The van der Waals surface area contributed by atoms with E-state index in [2.05, 4.69) is 69.0 Å². The smallest absolute Gasteiger partial charge is 0.406 e. The van der Waals surface area contributed by atoms with Gasteiger partial charge in [-0.3, -0.25) is 0 Å². The van der Waals surface area contributed by atoms with Gasteiger partial charge in [0.25, 0.3) is 0 Å². The Hall–Kier alpha value is -4.32. The predicted molar refractivity (Wildman–Crippen MR) is 177 cm³/mol. The van der Waals surface area contributed by atoms with E-state index in [1.165, 1.54) is 46.4 Å². The minimum Gasteiger partial charge on any atom is -0.406 e. The number of alkyl halides is 3. The molecule has 3 aromatic carbocycles. The van der Waals surface area contributed by atoms with Gasteiger partial charge in [-0.2, -0.15) is 4.99 Å². The molecule has 1 aliphatic rings. The van der Waals surface area contributed by atoms with Crippen LogP contribution in [-0.2, 0) is 6.42 Å². The van der Waals surface area contributed by atoms with Crippen LogP contribution in [0.25, 0.3) is 17.1 Å². The number of ether oxygens (including phenoxy) is 1. The van der Waals surface area contributed by atoms with Crippen LogP contribution in [0.5, 0.6) is 5.75 Å². The molecule has 46 heavy (non-hydrogen) atoms. The lowest BCUT2D eigenvalue weighted by Crippen LogP contribution is -2.38. The van der Waals surface area contributed by atoms with E-state index in [9.17, 15) is 18.0 Å². The molecule has 0 bridgehead atoms. The standard InChI is InChI=1S/C34H37F3N6O2S/c1-22(2)30-23(3)7-5-8-29(30)42-19-6-20-46-33(42)40-32(44)39-24(4)9-10-25-11-13-26(14-12-25)31-38-21-43(41-31)27-15-17-28(18-16-27)45-34(35,36)37/h5,7-8,11-18,21-22,24H,6,9-10,19-20H2,1-4H3,(H,39,44). The highest BCUT2D eigenvalue weighted by atomic mass is 32.2. The summed E-state index contributed by atoms with van der Waals surface area (Å²) in [5.41, 5.74) is 6.12. The first-order chi connectivity index (χ1) is 22.0. The molecule has 1 atom stereocenters. The van der Waals surface area contributed by atoms with Crippen LogP contribution >= 0.6 is 11.8 Å². The minimum atomic E-state index is -4.74. The number of carbonyl (C=O) groups is 1. The number of nitrogens with zero attached hydrogens (tertiary/aromatic N) is 5. The number of thioether (sulfide) groups is 1. The van der Waals surface area contributed by atoms with Crippen molar-refractivity contribution in [2.24, 2.45) is 4.99 Å². The third kappa shape index (κ3) is 8.48. The highest BCUT2D eigenvalue weighted by Crippen LogP contribution is 2.34. The molecule has 2 amide bonds. The number of hydrogen-bond acceptors (Lipinski definition) is 5. The molecule has 8 nitrogen and oxygen atoms in total. The topological polar surface area (TPSA) is 84.6 Å². The van der Waals surface area contributed by atoms with Crippen molar-refractivity contribution >= 4 is 28.6 Å². The van der Waals surface area contributed by atoms with E-state index in [1.54, 1.807) is 11.8 Å². The van der Waals surface area contributed by atoms with Crippen LogP contribution in [0.2, 0.25) is 0 Å². The molecule has 1 saturated heterocycles. The number of anilines is 1. The molecule has 0 spiro atoms. The lowest BCUT2D eigenvalue weighted by Gasteiger charge is -2.32. The molecule has 0 aliphatic carbocycles. The van der Waals surface area contributed by atoms with Crippen molar-refractivity contribution in [2.75, 3.05) is 17.2 Å². The van der Waals surface area contributed by atoms with Gasteiger partial charge < -0.3 is 15.0 Å². The van der Waals surface area contributed by atoms with Crippen LogP contribution in [0.3, 0.4) is 0 Å². The van der Waals surface area contributed by atoms with Gasteiger partial charge in [0.15, 0.2) is 11.0 Å². The summed E-state index contributed by atoms with van der Waals surface area (Å²) in [6, 6.07) is 19.2. The van der Waals surface area contributed by atoms with Gasteiger partial charge in [-0.25, -0.2) is 14.5 Å². The molecular weight excluding hydrogens is 613 g/mol. The van der Waals surface area contributed by atoms with Crippen molar-refractivity contribution in [2.45, 2.75) is 65.3 Å². The molecular formula is C34H37F3N6O2S. The van der Waals surface area contributed by atoms with Crippen molar-refractivity contribution < 1.29 is 22.7 Å². The van der Waals surface area contributed by atoms with Crippen LogP contribution in [0.15, 0.2) is 78.0 Å². The molecule has 12 heteroatoms. The molecule has 2 heterocycles. The van der Waals surface area contributed by atoms with E-state index in [0.29, 0.717) is 17.4 Å². The van der Waals surface area contributed by atoms with Crippen LogP contribution in [0.1, 0.15) is 56.2 Å². The molecule has 4 aromatic rings. The second-order valence-electron chi connectivity index (χ2n) is 11.6. The Kier molecular flexibility index (Phi) is 10.4. The van der Waals surface area contributed by atoms with Gasteiger partial charge in [-0.1, -0.05) is 62.0 Å². The van der Waals surface area contributed by atoms with Gasteiger partial charge >= 0.3 is 12.4 Å². The fourth-order valence-electron chi connectivity index (χ4n) is 5.45. The zero-order valence-electron chi connectivity index (χ0n) is 26.2. The quantitative estimate of drug-likeness (QED) is 0.196. The Balaban J connectivity index is 1.16. The molecule has 1 N–H and O–H groups in total. The van der Waals surface area contributed by atoms with E-state index in [4.69, 9.17) is 0 Å². The van der Waals surface area contributed by atoms with E-state index in [1.807, 2.05) is 31.2 Å². The van der Waals surface area contributed by atoms with Gasteiger partial charge in [0, 0.05) is 29.6 Å². The van der Waals surface area contributed by atoms with Crippen LogP contribution in [0, 0.1) is 6.92 Å². The number of aliphatic imine (C=N–C) groups is 1. The Morgan fingerprint density at radius 2 is 1.80 bits per heavy atom. The van der Waals surface area contributed by atoms with Crippen LogP contribution in [-0.4, -0.2) is 50.7 Å². The van der Waals surface area contributed by atoms with Crippen LogP contribution < -0.4 is 15.0 Å². The Bertz CT molecular complexity index is 1670. The molecule has 242 valence electrons. The molecule has 1 aliphatic heterocycles. The maximum Gasteiger partial charge on any atom is 0.573 e. The van der Waals surface area contributed by atoms with Gasteiger partial charge in [0.1, 0.15) is 12.1 Å². The summed E-state index contributed by atoms with van der Waals surface area (Å²) < 4.78 is 42.7. The third-order valence-electron chi connectivity index (χ3n) is 7.63.